The van der Waals surface area contributed by atoms with E-state index in [4.69, 9.17) is 10.5 Å². The van der Waals surface area contributed by atoms with Gasteiger partial charge in [-0.2, -0.15) is 10.5 Å². The summed E-state index contributed by atoms with van der Waals surface area (Å²) in [6, 6.07) is 14.7. The van der Waals surface area contributed by atoms with Crippen LogP contribution in [0.25, 0.3) is 0 Å². The molecule has 3 fully saturated rings. The Morgan fingerprint density at radius 2 is 1.06 bits per heavy atom. The molecule has 3 aromatic heterocycles. The molecule has 0 radical (unpaired) electrons. The maximum absolute atomic E-state index is 13.3. The minimum absolute atomic E-state index is 0. The fraction of sp³-hybridized carbons (Fsp3) is 0.667. The molecule has 0 aliphatic heterocycles. The largest absolute Gasteiger partial charge is 0.387 e. The van der Waals surface area contributed by atoms with Crippen molar-refractivity contribution in [3.63, 3.8) is 0 Å². The van der Waals surface area contributed by atoms with Crippen molar-refractivity contribution in [2.24, 2.45) is 5.73 Å². The number of ketones is 1. The zero-order valence-corrected chi connectivity index (χ0v) is 48.4. The van der Waals surface area contributed by atoms with Gasteiger partial charge < -0.3 is 10.8 Å². The first kappa shape index (κ1) is 75.5. The summed E-state index contributed by atoms with van der Waals surface area (Å²) in [7, 11) is 0. The maximum atomic E-state index is 13.3. The molecule has 17 heteroatoms. The van der Waals surface area contributed by atoms with E-state index in [1.165, 1.54) is 68.7 Å². The van der Waals surface area contributed by atoms with E-state index < -0.39 is 58.5 Å². The zero-order valence-electron chi connectivity index (χ0n) is 44.0. The Kier molecular flexibility index (Phi) is 33.9. The van der Waals surface area contributed by atoms with E-state index >= 15 is 0 Å². The Morgan fingerprint density at radius 1 is 0.675 bits per heavy atom. The predicted molar refractivity (Wildman–Crippen MR) is 309 cm³/mol. The van der Waals surface area contributed by atoms with Gasteiger partial charge >= 0.3 is 120 Å². The first-order valence-corrected chi connectivity index (χ1v) is 34.4. The summed E-state index contributed by atoms with van der Waals surface area (Å²) in [5.74, 6) is -8.02. The van der Waals surface area contributed by atoms with Gasteiger partial charge in [-0.15, -0.1) is 0 Å². The van der Waals surface area contributed by atoms with Crippen molar-refractivity contribution in [1.82, 2.24) is 15.0 Å². The van der Waals surface area contributed by atoms with Crippen LogP contribution in [0.5, 0.6) is 0 Å². The second-order valence-electron chi connectivity index (χ2n) is 20.4. The first-order valence-electron chi connectivity index (χ1n) is 26.1. The topological polar surface area (TPSA) is 159 Å². The summed E-state index contributed by atoms with van der Waals surface area (Å²) in [4.78, 5) is 23.4. The third kappa shape index (κ3) is 22.1. The van der Waals surface area contributed by atoms with Crippen LogP contribution in [-0.2, 0) is 21.0 Å². The molecule has 6 rings (SSSR count). The van der Waals surface area contributed by atoms with Crippen molar-refractivity contribution in [2.75, 3.05) is 13.2 Å². The van der Waals surface area contributed by atoms with Gasteiger partial charge in [0, 0.05) is 76.0 Å². The number of carbonyl (C=O) groups is 1. The van der Waals surface area contributed by atoms with Gasteiger partial charge in [-0.05, 0) is 96.3 Å². The number of aromatic nitrogens is 3. The minimum Gasteiger partial charge on any atom is -0.387 e. The number of nitrogens with two attached hydrogens (primary N) is 1. The zero-order chi connectivity index (χ0) is 54.6. The maximum Gasteiger partial charge on any atom is 0.248 e. The van der Waals surface area contributed by atoms with E-state index in [1.54, 1.807) is 49.6 Å². The summed E-state index contributed by atoms with van der Waals surface area (Å²) in [5, 5.41) is 28.1. The number of alkyl halides is 6. The summed E-state index contributed by atoms with van der Waals surface area (Å²) >= 11 is 0.970. The summed E-state index contributed by atoms with van der Waals surface area (Å²) in [6.45, 7) is 17.6. The predicted octanol–water partition coefficient (Wildman–Crippen LogP) is 18.1. The summed E-state index contributed by atoms with van der Waals surface area (Å²) in [6.07, 6.45) is 12.3. The number of Topliss-reactive ketones (excluding diaryl/α,β-unsaturated/α-hetero) is 1. The smallest absolute Gasteiger partial charge is 0.248 e. The van der Waals surface area contributed by atoms with Crippen LogP contribution >= 0.6 is 15.9 Å². The van der Waals surface area contributed by atoms with Gasteiger partial charge in [-0.3, -0.25) is 14.8 Å². The molecule has 3 heterocycles. The van der Waals surface area contributed by atoms with Gasteiger partial charge in [-0.25, -0.2) is 31.3 Å². The fourth-order valence-corrected chi connectivity index (χ4v) is 24.8. The quantitative estimate of drug-likeness (QED) is 0.0416. The normalized spacial score (nSPS) is 18.2. The molecule has 0 aromatic carbocycles. The molecule has 3 aliphatic rings. The van der Waals surface area contributed by atoms with E-state index in [2.05, 4.69) is 77.3 Å². The molecular formula is C60H95BrF6N6O3Sn. The van der Waals surface area contributed by atoms with Gasteiger partial charge in [0.05, 0.1) is 34.8 Å². The molecule has 3 saturated carbocycles. The number of ether oxygens (including phenoxy) is 1. The number of hydrogen-bond acceptors (Lipinski definition) is 9. The molecule has 0 spiro atoms. The second-order valence-corrected chi connectivity index (χ2v) is 34.4. The van der Waals surface area contributed by atoms with E-state index in [0.717, 1.165) is 17.7 Å². The number of hydrogen-bond donors (Lipinski definition) is 2. The number of halogens is 7. The Balaban J connectivity index is 0. The molecule has 0 amide bonds. The van der Waals surface area contributed by atoms with Gasteiger partial charge in [0.25, 0.3) is 0 Å². The number of aliphatic hydroxyl groups is 1. The first-order chi connectivity index (χ1) is 34.4. The monoisotopic (exact) mass is 1260 g/mol. The molecule has 1 atom stereocenters. The average Bonchev–Trinajstić information content (AvgIpc) is 3.38. The van der Waals surface area contributed by atoms with Crippen LogP contribution in [-0.4, -0.2) is 75.1 Å². The molecular weight excluding hydrogens is 1170 g/mol. The summed E-state index contributed by atoms with van der Waals surface area (Å²) < 4.78 is 91.5. The number of aliphatic hydroxyl groups excluding tert-OH is 1. The van der Waals surface area contributed by atoms with Crippen LogP contribution in [0.4, 0.5) is 26.3 Å². The Hall–Kier alpha value is -3.58. The molecule has 9 nitrogen and oxygen atoms in total. The molecule has 3 aliphatic carbocycles. The number of nitrogens with zero attached hydrogens (tertiary/aromatic N) is 5. The van der Waals surface area contributed by atoms with Crippen molar-refractivity contribution in [3.05, 3.63) is 98.0 Å². The van der Waals surface area contributed by atoms with E-state index in [-0.39, 0.29) is 99.7 Å². The molecule has 0 bridgehead atoms. The standard InChI is InChI=1S/C14H20F2N2O.C14H14F2N2O.C12H11BrF2N2.C4H7O.3C4H9.4CH4.Sn/c2*1-10(19)12-3-2-11(8-18-12)13(9-17)4-6-14(15,16)7-5-13;13-10-2-1-9(7-17-10)11(8-16)3-5-12(14,15)6-4-11;1-3-5-4-2;3*1-3-4-2;;;;;/h2-3,8,10,19H,4-7,9,17H2,1H3;2-3,8H,4-7H2,1H3;1-2,7H,3-6H2;1,4H2,2H3;3*1,3-4H2,2H3;4*1H4;. The van der Waals surface area contributed by atoms with Crippen LogP contribution in [0.3, 0.4) is 0 Å². The van der Waals surface area contributed by atoms with Gasteiger partial charge in [-0.1, -0.05) is 47.9 Å². The number of pyridine rings is 3. The third-order valence-corrected chi connectivity index (χ3v) is 30.6. The van der Waals surface area contributed by atoms with Crippen molar-refractivity contribution < 1.29 is 41.0 Å². The SMILES string of the molecule is C.C.C.C.C=[C](OCC)[Sn]([CH2]CCC)([CH2]CCC)[CH2]CCC.CC(=O)c1ccc(C2(C#N)CCC(F)(F)CC2)cn1.CC(O)c1ccc(C2(CN)CCC(F)(F)CC2)cn1.N#CC1(c2ccc(Br)nc2)CCC(F)(F)CC1. The molecule has 0 saturated heterocycles. The minimum atomic E-state index is -2.67. The Labute approximate surface area is 473 Å². The Bertz CT molecular complexity index is 2200. The van der Waals surface area contributed by atoms with E-state index in [1.807, 2.05) is 6.07 Å². The molecule has 77 heavy (non-hydrogen) atoms. The van der Waals surface area contributed by atoms with Crippen molar-refractivity contribution in [1.29, 1.82) is 10.5 Å². The number of nitriles is 2. The van der Waals surface area contributed by atoms with Gasteiger partial charge in [0.2, 0.25) is 17.8 Å². The van der Waals surface area contributed by atoms with Gasteiger partial charge in [0.15, 0.2) is 5.78 Å². The average molecular weight is 1260 g/mol. The van der Waals surface area contributed by atoms with Crippen LogP contribution < -0.4 is 5.73 Å². The molecule has 1 unspecified atom stereocenters. The van der Waals surface area contributed by atoms with Crippen molar-refractivity contribution >= 4 is 40.1 Å². The van der Waals surface area contributed by atoms with Gasteiger partial charge in [0.1, 0.15) is 10.3 Å². The Morgan fingerprint density at radius 3 is 1.36 bits per heavy atom. The number of rotatable bonds is 18. The molecule has 3 aromatic rings. The van der Waals surface area contributed by atoms with Crippen LogP contribution in [0.2, 0.25) is 13.3 Å². The second kappa shape index (κ2) is 34.5. The van der Waals surface area contributed by atoms with Crippen molar-refractivity contribution in [3.8, 4) is 12.1 Å². The molecule has 3 N–H and O–H groups in total. The fourth-order valence-electron chi connectivity index (χ4n) is 9.90. The number of carbonyl (C=O) groups excluding carboxylic acids is 1. The summed E-state index contributed by atoms with van der Waals surface area (Å²) in [5.41, 5.74) is 6.89. The molecule has 436 valence electrons. The third-order valence-electron chi connectivity index (χ3n) is 15.1. The van der Waals surface area contributed by atoms with E-state index in [9.17, 15) is 46.8 Å². The van der Waals surface area contributed by atoms with Crippen LogP contribution in [0, 0.1) is 22.7 Å². The number of unbranched alkanes of at least 4 members (excludes halogenated alkanes) is 3. The van der Waals surface area contributed by atoms with Crippen molar-refractivity contribution in [2.45, 2.75) is 240 Å². The van der Waals surface area contributed by atoms with Crippen LogP contribution in [0.1, 0.15) is 226 Å². The van der Waals surface area contributed by atoms with Crippen LogP contribution in [0.15, 0.2) is 69.9 Å². The van der Waals surface area contributed by atoms with E-state index in [0.29, 0.717) is 40.9 Å².